The smallest absolute Gasteiger partial charge is 0.416 e. The molecule has 7 nitrogen and oxygen atoms in total. The Morgan fingerprint density at radius 3 is 2.62 bits per heavy atom. The van der Waals surface area contributed by atoms with Crippen LogP contribution in [0.1, 0.15) is 34.6 Å². The van der Waals surface area contributed by atoms with E-state index < -0.39 is 11.7 Å². The number of carbonyl (C=O) groups is 1. The Kier molecular flexibility index (Phi) is 5.66. The molecule has 3 atom stereocenters. The third-order valence-corrected chi connectivity index (χ3v) is 6.57. The molecule has 2 aliphatic rings. The van der Waals surface area contributed by atoms with Gasteiger partial charge in [-0.15, -0.1) is 0 Å². The summed E-state index contributed by atoms with van der Waals surface area (Å²) in [4.78, 5) is 32.4. The number of amides is 1. The number of hydrogen-bond donors (Lipinski definition) is 0. The van der Waals surface area contributed by atoms with Gasteiger partial charge in [-0.3, -0.25) is 4.79 Å². The molecule has 0 radical (unpaired) electrons. The number of aromatic nitrogens is 4. The number of likely N-dealkylation sites (tertiary alicyclic amines) is 1. The zero-order valence-electron chi connectivity index (χ0n) is 18.4. The van der Waals surface area contributed by atoms with E-state index in [0.29, 0.717) is 29.5 Å². The molecule has 0 spiro atoms. The summed E-state index contributed by atoms with van der Waals surface area (Å²) in [6.45, 7) is 2.42. The van der Waals surface area contributed by atoms with E-state index >= 15 is 0 Å². The molecule has 176 valence electrons. The van der Waals surface area contributed by atoms with Crippen molar-refractivity contribution in [1.82, 2.24) is 24.8 Å². The summed E-state index contributed by atoms with van der Waals surface area (Å²) in [6.07, 6.45) is 1.74. The molecule has 2 fully saturated rings. The van der Waals surface area contributed by atoms with Crippen LogP contribution in [0, 0.1) is 18.8 Å². The van der Waals surface area contributed by atoms with Crippen molar-refractivity contribution in [2.75, 3.05) is 13.2 Å². The maximum Gasteiger partial charge on any atom is 0.416 e. The highest BCUT2D eigenvalue weighted by atomic mass is 19.4. The molecule has 3 aromatic heterocycles. The van der Waals surface area contributed by atoms with Crippen molar-refractivity contribution < 1.29 is 22.7 Å². The second-order valence-corrected chi connectivity index (χ2v) is 8.64. The lowest BCUT2D eigenvalue weighted by Crippen LogP contribution is -2.43. The van der Waals surface area contributed by atoms with Crippen LogP contribution in [-0.4, -0.2) is 49.9 Å². The van der Waals surface area contributed by atoms with Gasteiger partial charge in [0.1, 0.15) is 12.3 Å². The Labute approximate surface area is 194 Å². The Bertz CT molecular complexity index is 1200. The molecule has 0 aromatic carbocycles. The van der Waals surface area contributed by atoms with Crippen LogP contribution in [0.25, 0.3) is 11.4 Å². The van der Waals surface area contributed by atoms with E-state index in [1.54, 1.807) is 42.4 Å². The molecule has 3 aromatic rings. The largest absolute Gasteiger partial charge is 0.475 e. The third-order valence-electron chi connectivity index (χ3n) is 6.57. The fourth-order valence-electron chi connectivity index (χ4n) is 4.70. The van der Waals surface area contributed by atoms with Crippen LogP contribution in [0.2, 0.25) is 0 Å². The maximum absolute atomic E-state index is 13.7. The van der Waals surface area contributed by atoms with Crippen molar-refractivity contribution in [2.45, 2.75) is 32.0 Å². The quantitative estimate of drug-likeness (QED) is 0.558. The average Bonchev–Trinajstić information content (AvgIpc) is 3.06. The van der Waals surface area contributed by atoms with Crippen molar-refractivity contribution >= 4 is 5.91 Å². The van der Waals surface area contributed by atoms with Crippen LogP contribution in [0.3, 0.4) is 0 Å². The fraction of sp³-hybridized carbons (Fsp3) is 0.375. The van der Waals surface area contributed by atoms with Crippen molar-refractivity contribution in [3.05, 3.63) is 65.9 Å². The Balaban J connectivity index is 1.41. The van der Waals surface area contributed by atoms with Gasteiger partial charge in [0.2, 0.25) is 5.88 Å². The summed E-state index contributed by atoms with van der Waals surface area (Å²) in [7, 11) is 0. The van der Waals surface area contributed by atoms with Gasteiger partial charge in [-0.05, 0) is 55.9 Å². The van der Waals surface area contributed by atoms with Crippen LogP contribution in [0.15, 0.2) is 48.9 Å². The fourth-order valence-corrected chi connectivity index (χ4v) is 4.70. The summed E-state index contributed by atoms with van der Waals surface area (Å²) in [5.41, 5.74) is 0.658. The van der Waals surface area contributed by atoms with Gasteiger partial charge in [-0.1, -0.05) is 0 Å². The highest BCUT2D eigenvalue weighted by Gasteiger charge is 2.49. The Morgan fingerprint density at radius 2 is 1.91 bits per heavy atom. The lowest BCUT2D eigenvalue weighted by molar-refractivity contribution is -0.137. The number of pyridine rings is 2. The maximum atomic E-state index is 13.7. The second-order valence-electron chi connectivity index (χ2n) is 8.64. The molecule has 1 aliphatic carbocycles. The zero-order valence-corrected chi connectivity index (χ0v) is 18.4. The predicted octanol–water partition coefficient (Wildman–Crippen LogP) is 4.19. The zero-order chi connectivity index (χ0) is 23.9. The summed E-state index contributed by atoms with van der Waals surface area (Å²) < 4.78 is 44.8. The van der Waals surface area contributed by atoms with Crippen LogP contribution >= 0.6 is 0 Å². The van der Waals surface area contributed by atoms with Crippen molar-refractivity contribution in [3.63, 3.8) is 0 Å². The molecule has 1 amide bonds. The van der Waals surface area contributed by atoms with Gasteiger partial charge in [0.15, 0.2) is 5.82 Å². The summed E-state index contributed by atoms with van der Waals surface area (Å²) in [5, 5.41) is 0. The topological polar surface area (TPSA) is 81.1 Å². The minimum absolute atomic E-state index is 0.0597. The number of ether oxygens (including phenoxy) is 1. The normalized spacial score (nSPS) is 21.6. The van der Waals surface area contributed by atoms with Gasteiger partial charge < -0.3 is 9.64 Å². The Hall–Kier alpha value is -3.56. The molecule has 2 unspecified atom stereocenters. The van der Waals surface area contributed by atoms with Crippen LogP contribution in [0.4, 0.5) is 13.2 Å². The lowest BCUT2D eigenvalue weighted by atomic mass is 9.73. The molecule has 1 saturated carbocycles. The minimum atomic E-state index is -4.48. The molecule has 1 aliphatic heterocycles. The molecular formula is C24H22F3N5O2. The number of carbonyl (C=O) groups excluding carboxylic acids is 1. The highest BCUT2D eigenvalue weighted by Crippen LogP contribution is 2.45. The highest BCUT2D eigenvalue weighted by molar-refractivity contribution is 5.98. The minimum Gasteiger partial charge on any atom is -0.475 e. The summed E-state index contributed by atoms with van der Waals surface area (Å²) in [6, 6.07) is 6.78. The van der Waals surface area contributed by atoms with Crippen LogP contribution < -0.4 is 4.74 Å². The van der Waals surface area contributed by atoms with E-state index in [0.717, 1.165) is 31.2 Å². The molecule has 10 heteroatoms. The molecular weight excluding hydrogens is 447 g/mol. The van der Waals surface area contributed by atoms with Gasteiger partial charge in [0.25, 0.3) is 5.91 Å². The van der Waals surface area contributed by atoms with Crippen LogP contribution in [0.5, 0.6) is 5.88 Å². The molecule has 34 heavy (non-hydrogen) atoms. The van der Waals surface area contributed by atoms with Crippen molar-refractivity contribution in [3.8, 4) is 17.3 Å². The number of rotatable bonds is 5. The van der Waals surface area contributed by atoms with E-state index in [9.17, 15) is 18.0 Å². The van der Waals surface area contributed by atoms with E-state index in [1.807, 2.05) is 0 Å². The lowest BCUT2D eigenvalue weighted by Gasteiger charge is -2.33. The first-order chi connectivity index (χ1) is 16.3. The van der Waals surface area contributed by atoms with Gasteiger partial charge in [-0.2, -0.15) is 13.2 Å². The van der Waals surface area contributed by atoms with Crippen molar-refractivity contribution in [1.29, 1.82) is 0 Å². The number of halogens is 3. The van der Waals surface area contributed by atoms with E-state index in [1.165, 1.54) is 0 Å². The number of aryl methyl sites for hydroxylation is 1. The van der Waals surface area contributed by atoms with Gasteiger partial charge >= 0.3 is 6.18 Å². The SMILES string of the molecule is Cc1ccc(-c2ncccn2)c(C(=O)N2CC3CCC3[C@H]2COc2cc(C(F)(F)F)ccn2)n1. The second kappa shape index (κ2) is 8.66. The van der Waals surface area contributed by atoms with E-state index in [2.05, 4.69) is 19.9 Å². The summed E-state index contributed by atoms with van der Waals surface area (Å²) >= 11 is 0. The number of alkyl halides is 3. The first-order valence-electron chi connectivity index (χ1n) is 11.0. The summed E-state index contributed by atoms with van der Waals surface area (Å²) in [5.74, 6) is 0.605. The number of nitrogens with zero attached hydrogens (tertiary/aromatic N) is 5. The molecule has 5 rings (SSSR count). The molecule has 0 bridgehead atoms. The van der Waals surface area contributed by atoms with Crippen LogP contribution in [-0.2, 0) is 6.18 Å². The van der Waals surface area contributed by atoms with Gasteiger partial charge in [0, 0.05) is 36.9 Å². The predicted molar refractivity (Wildman–Crippen MR) is 116 cm³/mol. The molecule has 4 heterocycles. The first kappa shape index (κ1) is 22.2. The number of hydrogen-bond acceptors (Lipinski definition) is 6. The standard InChI is InChI=1S/C24H22F3N5O2/c1-14-3-5-18(22-29-8-2-9-30-22)21(31-14)23(33)32-12-15-4-6-17(15)19(32)13-34-20-11-16(7-10-28-20)24(25,26)27/h2-3,5,7-11,15,17,19H,4,6,12-13H2,1H3/t15?,17?,19-/m1/s1. The van der Waals surface area contributed by atoms with Gasteiger partial charge in [-0.25, -0.2) is 19.9 Å². The first-order valence-corrected chi connectivity index (χ1v) is 11.0. The monoisotopic (exact) mass is 469 g/mol. The molecule has 0 N–H and O–H groups in total. The van der Waals surface area contributed by atoms with Crippen molar-refractivity contribution in [2.24, 2.45) is 11.8 Å². The molecule has 1 saturated heterocycles. The Morgan fingerprint density at radius 1 is 1.12 bits per heavy atom. The van der Waals surface area contributed by atoms with E-state index in [-0.39, 0.29) is 36.0 Å². The number of fused-ring (bicyclic) bond motifs is 1. The third kappa shape index (κ3) is 4.20. The van der Waals surface area contributed by atoms with E-state index in [4.69, 9.17) is 4.74 Å². The average molecular weight is 469 g/mol. The van der Waals surface area contributed by atoms with Gasteiger partial charge in [0.05, 0.1) is 17.2 Å².